The van der Waals surface area contributed by atoms with E-state index in [4.69, 9.17) is 0 Å². The molecule has 1 N–H and O–H groups in total. The van der Waals surface area contributed by atoms with Crippen LogP contribution in [-0.4, -0.2) is 11.0 Å². The summed E-state index contributed by atoms with van der Waals surface area (Å²) in [4.78, 5) is 4.29. The number of rotatable bonds is 3. The van der Waals surface area contributed by atoms with Crippen LogP contribution in [0, 0.1) is 0 Å². The van der Waals surface area contributed by atoms with Crippen molar-refractivity contribution in [2.24, 2.45) is 0 Å². The van der Waals surface area contributed by atoms with Gasteiger partial charge in [-0.1, -0.05) is 12.2 Å². The first kappa shape index (κ1) is 8.91. The van der Waals surface area contributed by atoms with E-state index >= 15 is 0 Å². The van der Waals surface area contributed by atoms with Gasteiger partial charge < -0.3 is 5.32 Å². The molecular formula is C10H14N2S. The van der Waals surface area contributed by atoms with Crippen molar-refractivity contribution in [1.29, 1.82) is 0 Å². The van der Waals surface area contributed by atoms with Crippen LogP contribution in [0.5, 0.6) is 0 Å². The summed E-state index contributed by atoms with van der Waals surface area (Å²) < 4.78 is 0. The van der Waals surface area contributed by atoms with E-state index in [2.05, 4.69) is 34.8 Å². The van der Waals surface area contributed by atoms with Gasteiger partial charge in [-0.05, 0) is 19.8 Å². The number of hydrogen-bond donors (Lipinski definition) is 1. The summed E-state index contributed by atoms with van der Waals surface area (Å²) in [6, 6.07) is 1.01. The zero-order valence-corrected chi connectivity index (χ0v) is 8.55. The minimum absolute atomic E-state index is 0.385. The summed E-state index contributed by atoms with van der Waals surface area (Å²) >= 11 is 1.66. The van der Waals surface area contributed by atoms with Gasteiger partial charge in [0, 0.05) is 17.5 Å². The van der Waals surface area contributed by atoms with Crippen LogP contribution < -0.4 is 5.32 Å². The van der Waals surface area contributed by atoms with E-state index < -0.39 is 0 Å². The van der Waals surface area contributed by atoms with E-state index in [-0.39, 0.29) is 0 Å². The van der Waals surface area contributed by atoms with Crippen molar-refractivity contribution in [1.82, 2.24) is 10.3 Å². The van der Waals surface area contributed by atoms with Crippen molar-refractivity contribution in [3.63, 3.8) is 0 Å². The molecular weight excluding hydrogens is 180 g/mol. The molecule has 1 aromatic rings. The molecule has 0 bridgehead atoms. The number of aromatic nitrogens is 1. The molecule has 0 spiro atoms. The van der Waals surface area contributed by atoms with Crippen LogP contribution in [-0.2, 0) is 0 Å². The fourth-order valence-electron chi connectivity index (χ4n) is 1.63. The molecule has 0 saturated carbocycles. The van der Waals surface area contributed by atoms with Gasteiger partial charge in [0.25, 0.3) is 0 Å². The average Bonchev–Trinajstić information content (AvgIpc) is 2.74. The zero-order valence-electron chi connectivity index (χ0n) is 7.73. The van der Waals surface area contributed by atoms with Crippen LogP contribution in [0.1, 0.15) is 31.5 Å². The fraction of sp³-hybridized carbons (Fsp3) is 0.500. The summed E-state index contributed by atoms with van der Waals surface area (Å²) in [6.07, 6.45) is 6.81. The summed E-state index contributed by atoms with van der Waals surface area (Å²) in [5, 5.41) is 5.67. The highest BCUT2D eigenvalue weighted by atomic mass is 32.1. The van der Waals surface area contributed by atoms with E-state index in [0.717, 1.165) is 18.5 Å². The van der Waals surface area contributed by atoms with E-state index in [1.54, 1.807) is 11.3 Å². The van der Waals surface area contributed by atoms with Crippen molar-refractivity contribution >= 4 is 11.3 Å². The minimum Gasteiger partial charge on any atom is -0.305 e. The van der Waals surface area contributed by atoms with Gasteiger partial charge in [-0.15, -0.1) is 11.3 Å². The largest absolute Gasteiger partial charge is 0.305 e. The van der Waals surface area contributed by atoms with E-state index in [9.17, 15) is 0 Å². The van der Waals surface area contributed by atoms with Crippen LogP contribution in [0.4, 0.5) is 0 Å². The van der Waals surface area contributed by atoms with Crippen LogP contribution in [0.3, 0.4) is 0 Å². The third-order valence-corrected chi connectivity index (χ3v) is 2.99. The van der Waals surface area contributed by atoms with Crippen LogP contribution >= 0.6 is 11.3 Å². The standard InChI is InChI=1S/C10H14N2S/c1-8(10-6-13-7-11-10)12-9-4-2-3-5-9/h2-3,6-9,12H,4-5H2,1H3. The van der Waals surface area contributed by atoms with Gasteiger partial charge in [0.1, 0.15) is 0 Å². The van der Waals surface area contributed by atoms with Gasteiger partial charge in [-0.25, -0.2) is 4.98 Å². The molecule has 0 aliphatic heterocycles. The molecule has 70 valence electrons. The Labute approximate surface area is 82.7 Å². The Bertz CT molecular complexity index is 271. The molecule has 13 heavy (non-hydrogen) atoms. The molecule has 3 heteroatoms. The quantitative estimate of drug-likeness (QED) is 0.748. The van der Waals surface area contributed by atoms with Crippen molar-refractivity contribution in [2.45, 2.75) is 31.8 Å². The normalized spacial score (nSPS) is 19.5. The maximum Gasteiger partial charge on any atom is 0.0795 e. The minimum atomic E-state index is 0.385. The Morgan fingerprint density at radius 1 is 1.54 bits per heavy atom. The number of nitrogens with one attached hydrogen (secondary N) is 1. The molecule has 1 heterocycles. The molecule has 0 amide bonds. The second-order valence-corrected chi connectivity index (χ2v) is 4.16. The van der Waals surface area contributed by atoms with E-state index in [1.807, 2.05) is 5.51 Å². The predicted octanol–water partition coefficient (Wildman–Crippen LogP) is 2.51. The van der Waals surface area contributed by atoms with Crippen molar-refractivity contribution < 1.29 is 0 Å². The SMILES string of the molecule is CC(NC1CC=CC1)c1cscn1. The first-order chi connectivity index (χ1) is 6.36. The number of nitrogens with zero attached hydrogens (tertiary/aromatic N) is 1. The van der Waals surface area contributed by atoms with Crippen molar-refractivity contribution in [2.75, 3.05) is 0 Å². The summed E-state index contributed by atoms with van der Waals surface area (Å²) in [7, 11) is 0. The van der Waals surface area contributed by atoms with Crippen molar-refractivity contribution in [3.8, 4) is 0 Å². The van der Waals surface area contributed by atoms with Crippen LogP contribution in [0.15, 0.2) is 23.0 Å². The Kier molecular flexibility index (Phi) is 2.76. The molecule has 0 fully saturated rings. The molecule has 1 aliphatic rings. The lowest BCUT2D eigenvalue weighted by Crippen LogP contribution is -2.29. The lowest BCUT2D eigenvalue weighted by Gasteiger charge is -2.17. The average molecular weight is 194 g/mol. The molecule has 1 atom stereocenters. The summed E-state index contributed by atoms with van der Waals surface area (Å²) in [5.41, 5.74) is 3.05. The van der Waals surface area contributed by atoms with Gasteiger partial charge in [-0.2, -0.15) is 0 Å². The van der Waals surface area contributed by atoms with E-state index in [1.165, 1.54) is 0 Å². The smallest absolute Gasteiger partial charge is 0.0795 e. The van der Waals surface area contributed by atoms with Crippen LogP contribution in [0.2, 0.25) is 0 Å². The Balaban J connectivity index is 1.88. The Hall–Kier alpha value is -0.670. The van der Waals surface area contributed by atoms with E-state index in [0.29, 0.717) is 12.1 Å². The van der Waals surface area contributed by atoms with Gasteiger partial charge >= 0.3 is 0 Å². The van der Waals surface area contributed by atoms with Gasteiger partial charge in [-0.3, -0.25) is 0 Å². The molecule has 2 rings (SSSR count). The highest BCUT2D eigenvalue weighted by Gasteiger charge is 2.14. The Morgan fingerprint density at radius 2 is 2.31 bits per heavy atom. The highest BCUT2D eigenvalue weighted by Crippen LogP contribution is 2.17. The first-order valence-electron chi connectivity index (χ1n) is 4.65. The third kappa shape index (κ3) is 2.17. The summed E-state index contributed by atoms with van der Waals surface area (Å²) in [5.74, 6) is 0. The lowest BCUT2D eigenvalue weighted by atomic mass is 10.2. The topological polar surface area (TPSA) is 24.9 Å². The van der Waals surface area contributed by atoms with Gasteiger partial charge in [0.05, 0.1) is 11.2 Å². The van der Waals surface area contributed by atoms with Gasteiger partial charge in [0.2, 0.25) is 0 Å². The molecule has 1 aromatic heterocycles. The first-order valence-corrected chi connectivity index (χ1v) is 5.59. The maximum atomic E-state index is 4.29. The predicted molar refractivity (Wildman–Crippen MR) is 55.8 cm³/mol. The molecule has 1 unspecified atom stereocenters. The zero-order chi connectivity index (χ0) is 9.10. The molecule has 2 nitrogen and oxygen atoms in total. The second kappa shape index (κ2) is 4.03. The fourth-order valence-corrected chi connectivity index (χ4v) is 2.28. The molecule has 0 saturated heterocycles. The monoisotopic (exact) mass is 194 g/mol. The number of hydrogen-bond acceptors (Lipinski definition) is 3. The van der Waals surface area contributed by atoms with Crippen molar-refractivity contribution in [3.05, 3.63) is 28.7 Å². The molecule has 1 aliphatic carbocycles. The van der Waals surface area contributed by atoms with Gasteiger partial charge in [0.15, 0.2) is 0 Å². The van der Waals surface area contributed by atoms with Crippen LogP contribution in [0.25, 0.3) is 0 Å². The lowest BCUT2D eigenvalue weighted by molar-refractivity contribution is 0.466. The highest BCUT2D eigenvalue weighted by molar-refractivity contribution is 7.07. The number of thiazole rings is 1. The Morgan fingerprint density at radius 3 is 2.92 bits per heavy atom. The second-order valence-electron chi connectivity index (χ2n) is 3.44. The molecule has 0 radical (unpaired) electrons. The third-order valence-electron chi connectivity index (χ3n) is 2.39. The summed E-state index contributed by atoms with van der Waals surface area (Å²) in [6.45, 7) is 2.17. The molecule has 0 aromatic carbocycles. The maximum absolute atomic E-state index is 4.29.